The zero-order valence-corrected chi connectivity index (χ0v) is 20.2. The molecule has 35 heavy (non-hydrogen) atoms. The highest BCUT2D eigenvalue weighted by atomic mass is 16.5. The van der Waals surface area contributed by atoms with E-state index in [0.717, 1.165) is 11.1 Å². The number of rotatable bonds is 8. The Balaban J connectivity index is 1.61. The Kier molecular flexibility index (Phi) is 7.55. The number of hydrogen-bond donors (Lipinski definition) is 1. The molecule has 2 amide bonds. The van der Waals surface area contributed by atoms with E-state index in [4.69, 9.17) is 14.2 Å². The maximum absolute atomic E-state index is 13.4. The van der Waals surface area contributed by atoms with Gasteiger partial charge in [-0.05, 0) is 48.0 Å². The minimum atomic E-state index is -0.443. The van der Waals surface area contributed by atoms with Crippen LogP contribution >= 0.6 is 0 Å². The lowest BCUT2D eigenvalue weighted by Gasteiger charge is -2.21. The van der Waals surface area contributed by atoms with Gasteiger partial charge >= 0.3 is 0 Å². The zero-order valence-electron chi connectivity index (χ0n) is 20.2. The highest BCUT2D eigenvalue weighted by Gasteiger charge is 2.42. The standard InChI is InChI=1S/C28H30N2O5/c1-33-21-11-9-20(10-12-21)28(32)30-17-24(23-15-22(34-2)13-14-26(23)35-3)25(18-30)27(31)29-16-19-7-5-4-6-8-19/h4-15,24-25H,16-18H2,1-3H3,(H,29,31)/t24-,25-/m0/s1. The second kappa shape index (κ2) is 11.0. The molecule has 0 saturated carbocycles. The van der Waals surface area contributed by atoms with E-state index in [0.29, 0.717) is 42.4 Å². The quantitative estimate of drug-likeness (QED) is 0.536. The molecule has 7 nitrogen and oxygen atoms in total. The van der Waals surface area contributed by atoms with Crippen LogP contribution in [0.2, 0.25) is 0 Å². The molecule has 1 fully saturated rings. The lowest BCUT2D eigenvalue weighted by atomic mass is 9.87. The van der Waals surface area contributed by atoms with Gasteiger partial charge in [0.2, 0.25) is 5.91 Å². The zero-order chi connectivity index (χ0) is 24.8. The molecular formula is C28H30N2O5. The Hall–Kier alpha value is -4.00. The Morgan fingerprint density at radius 3 is 2.20 bits per heavy atom. The number of ether oxygens (including phenoxy) is 3. The first-order chi connectivity index (χ1) is 17.0. The van der Waals surface area contributed by atoms with Gasteiger partial charge < -0.3 is 24.4 Å². The monoisotopic (exact) mass is 474 g/mol. The van der Waals surface area contributed by atoms with Gasteiger partial charge in [0.05, 0.1) is 27.2 Å². The molecule has 1 aliphatic rings. The molecule has 0 bridgehead atoms. The van der Waals surface area contributed by atoms with Crippen LogP contribution in [0.4, 0.5) is 0 Å². The van der Waals surface area contributed by atoms with Crippen LogP contribution in [-0.4, -0.2) is 51.1 Å². The second-order valence-electron chi connectivity index (χ2n) is 8.46. The molecule has 0 unspecified atom stereocenters. The number of nitrogens with zero attached hydrogens (tertiary/aromatic N) is 1. The Morgan fingerprint density at radius 2 is 1.54 bits per heavy atom. The molecule has 4 rings (SSSR count). The molecule has 0 aliphatic carbocycles. The number of hydrogen-bond acceptors (Lipinski definition) is 5. The minimum Gasteiger partial charge on any atom is -0.497 e. The third kappa shape index (κ3) is 5.40. The lowest BCUT2D eigenvalue weighted by Crippen LogP contribution is -2.35. The highest BCUT2D eigenvalue weighted by Crippen LogP contribution is 2.40. The number of methoxy groups -OCH3 is 3. The van der Waals surface area contributed by atoms with Gasteiger partial charge in [0.1, 0.15) is 17.2 Å². The van der Waals surface area contributed by atoms with Crippen molar-refractivity contribution in [2.24, 2.45) is 5.92 Å². The van der Waals surface area contributed by atoms with Gasteiger partial charge in [0.25, 0.3) is 5.91 Å². The summed E-state index contributed by atoms with van der Waals surface area (Å²) < 4.78 is 16.3. The minimum absolute atomic E-state index is 0.103. The first-order valence-electron chi connectivity index (χ1n) is 11.5. The van der Waals surface area contributed by atoms with Crippen molar-refractivity contribution in [1.29, 1.82) is 0 Å². The fourth-order valence-electron chi connectivity index (χ4n) is 4.51. The summed E-state index contributed by atoms with van der Waals surface area (Å²) in [5.41, 5.74) is 2.41. The molecule has 0 aromatic heterocycles. The van der Waals surface area contributed by atoms with Crippen LogP contribution in [0, 0.1) is 5.92 Å². The first kappa shape index (κ1) is 24.1. The van der Waals surface area contributed by atoms with Crippen LogP contribution in [0.3, 0.4) is 0 Å². The third-order valence-electron chi connectivity index (χ3n) is 6.43. The molecule has 182 valence electrons. The average molecular weight is 475 g/mol. The number of carbonyl (C=O) groups excluding carboxylic acids is 2. The fourth-order valence-corrected chi connectivity index (χ4v) is 4.51. The summed E-state index contributed by atoms with van der Waals surface area (Å²) in [6, 6.07) is 22.3. The van der Waals surface area contributed by atoms with E-state index in [9.17, 15) is 9.59 Å². The maximum atomic E-state index is 13.4. The van der Waals surface area contributed by atoms with Gasteiger partial charge in [0.15, 0.2) is 0 Å². The van der Waals surface area contributed by atoms with Gasteiger partial charge in [-0.2, -0.15) is 0 Å². The Labute approximate surface area is 205 Å². The number of benzene rings is 3. The van der Waals surface area contributed by atoms with Gasteiger partial charge in [-0.3, -0.25) is 9.59 Å². The van der Waals surface area contributed by atoms with E-state index < -0.39 is 5.92 Å². The fraction of sp³-hybridized carbons (Fsp3) is 0.286. The van der Waals surface area contributed by atoms with E-state index in [1.54, 1.807) is 50.5 Å². The predicted molar refractivity (Wildman–Crippen MR) is 133 cm³/mol. The maximum Gasteiger partial charge on any atom is 0.253 e. The van der Waals surface area contributed by atoms with Gasteiger partial charge in [-0.25, -0.2) is 0 Å². The summed E-state index contributed by atoms with van der Waals surface area (Å²) in [7, 11) is 4.79. The number of carbonyl (C=O) groups is 2. The van der Waals surface area contributed by atoms with Crippen molar-refractivity contribution in [3.05, 3.63) is 89.5 Å². The SMILES string of the molecule is COc1ccc(C(=O)N2C[C@H](C(=O)NCc3ccccc3)[C@H](c3cc(OC)ccc3OC)C2)cc1. The number of nitrogens with one attached hydrogen (secondary N) is 1. The molecule has 1 heterocycles. The molecular weight excluding hydrogens is 444 g/mol. The van der Waals surface area contributed by atoms with Crippen LogP contribution < -0.4 is 19.5 Å². The normalized spacial score (nSPS) is 17.1. The van der Waals surface area contributed by atoms with Crippen molar-refractivity contribution in [2.75, 3.05) is 34.4 Å². The topological polar surface area (TPSA) is 77.1 Å². The molecule has 1 N–H and O–H groups in total. The summed E-state index contributed by atoms with van der Waals surface area (Å²) in [5.74, 6) is 1.09. The summed E-state index contributed by atoms with van der Waals surface area (Å²) in [6.45, 7) is 1.11. The Morgan fingerprint density at radius 1 is 0.857 bits per heavy atom. The summed E-state index contributed by atoms with van der Waals surface area (Å²) in [4.78, 5) is 28.5. The number of amides is 2. The molecule has 2 atom stereocenters. The molecule has 1 saturated heterocycles. The molecule has 0 spiro atoms. The molecule has 0 radical (unpaired) electrons. The van der Waals surface area contributed by atoms with Crippen molar-refractivity contribution in [2.45, 2.75) is 12.5 Å². The van der Waals surface area contributed by atoms with Crippen molar-refractivity contribution >= 4 is 11.8 Å². The van der Waals surface area contributed by atoms with Crippen molar-refractivity contribution in [1.82, 2.24) is 10.2 Å². The molecule has 1 aliphatic heterocycles. The van der Waals surface area contributed by atoms with Gasteiger partial charge in [-0.1, -0.05) is 30.3 Å². The number of likely N-dealkylation sites (tertiary alicyclic amines) is 1. The summed E-state index contributed by atoms with van der Waals surface area (Å²) in [5, 5.41) is 3.06. The van der Waals surface area contributed by atoms with Crippen LogP contribution in [0.1, 0.15) is 27.4 Å². The summed E-state index contributed by atoms with van der Waals surface area (Å²) >= 11 is 0. The van der Waals surface area contributed by atoms with Crippen molar-refractivity contribution < 1.29 is 23.8 Å². The van der Waals surface area contributed by atoms with Gasteiger partial charge in [-0.15, -0.1) is 0 Å². The summed E-state index contributed by atoms with van der Waals surface area (Å²) in [6.07, 6.45) is 0. The van der Waals surface area contributed by atoms with Crippen LogP contribution in [0.5, 0.6) is 17.2 Å². The average Bonchev–Trinajstić information content (AvgIpc) is 3.37. The van der Waals surface area contributed by atoms with Crippen molar-refractivity contribution in [3.8, 4) is 17.2 Å². The highest BCUT2D eigenvalue weighted by molar-refractivity contribution is 5.95. The van der Waals surface area contributed by atoms with Crippen LogP contribution in [-0.2, 0) is 11.3 Å². The van der Waals surface area contributed by atoms with E-state index in [2.05, 4.69) is 5.32 Å². The van der Waals surface area contributed by atoms with Gasteiger partial charge in [0, 0.05) is 36.7 Å². The largest absolute Gasteiger partial charge is 0.497 e. The molecule has 7 heteroatoms. The predicted octanol–water partition coefficient (Wildman–Crippen LogP) is 3.88. The van der Waals surface area contributed by atoms with Crippen LogP contribution in [0.25, 0.3) is 0 Å². The van der Waals surface area contributed by atoms with E-state index in [1.807, 2.05) is 48.5 Å². The van der Waals surface area contributed by atoms with Crippen LogP contribution in [0.15, 0.2) is 72.8 Å². The second-order valence-corrected chi connectivity index (χ2v) is 8.46. The Bertz CT molecular complexity index is 1160. The van der Waals surface area contributed by atoms with E-state index in [1.165, 1.54) is 0 Å². The lowest BCUT2D eigenvalue weighted by molar-refractivity contribution is -0.125. The molecule has 3 aromatic rings. The first-order valence-corrected chi connectivity index (χ1v) is 11.5. The van der Waals surface area contributed by atoms with E-state index >= 15 is 0 Å². The molecule has 3 aromatic carbocycles. The smallest absolute Gasteiger partial charge is 0.253 e. The van der Waals surface area contributed by atoms with E-state index in [-0.39, 0.29) is 17.7 Å². The van der Waals surface area contributed by atoms with Crippen molar-refractivity contribution in [3.63, 3.8) is 0 Å². The third-order valence-corrected chi connectivity index (χ3v) is 6.43.